The number of hydrogen-bond donors (Lipinski definition) is 2. The molecule has 0 saturated heterocycles. The second kappa shape index (κ2) is 5.82. The molecule has 3 heteroatoms. The van der Waals surface area contributed by atoms with Crippen molar-refractivity contribution in [3.05, 3.63) is 34.9 Å². The van der Waals surface area contributed by atoms with Crippen molar-refractivity contribution in [3.8, 4) is 0 Å². The van der Waals surface area contributed by atoms with Crippen molar-refractivity contribution in [2.24, 2.45) is 5.92 Å². The fourth-order valence-electron chi connectivity index (χ4n) is 1.65. The lowest BCUT2D eigenvalue weighted by atomic mass is 10.0. The molecule has 0 radical (unpaired) electrons. The summed E-state index contributed by atoms with van der Waals surface area (Å²) in [5, 5.41) is 12.1. The molecule has 0 aliphatic carbocycles. The first-order valence-corrected chi connectivity index (χ1v) is 5.94. The number of aryl methyl sites for hydroxylation is 2. The lowest BCUT2D eigenvalue weighted by Crippen LogP contribution is -2.41. The van der Waals surface area contributed by atoms with Gasteiger partial charge >= 0.3 is 0 Å². The quantitative estimate of drug-likeness (QED) is 0.839. The molecule has 0 bridgehead atoms. The van der Waals surface area contributed by atoms with Gasteiger partial charge in [0, 0.05) is 5.56 Å². The number of carbonyl (C=O) groups excluding carboxylic acids is 1. The second-order valence-corrected chi connectivity index (χ2v) is 4.82. The van der Waals surface area contributed by atoms with Crippen molar-refractivity contribution in [3.63, 3.8) is 0 Å². The summed E-state index contributed by atoms with van der Waals surface area (Å²) in [4.78, 5) is 12.1. The normalized spacial score (nSPS) is 12.6. The highest BCUT2D eigenvalue weighted by Gasteiger charge is 2.17. The van der Waals surface area contributed by atoms with E-state index in [-0.39, 0.29) is 24.5 Å². The molecule has 0 aromatic heterocycles. The predicted octanol–water partition coefficient (Wildman–Crippen LogP) is 2.05. The molecule has 1 rings (SSSR count). The Morgan fingerprint density at radius 1 is 1.35 bits per heavy atom. The van der Waals surface area contributed by atoms with Gasteiger partial charge in [-0.3, -0.25) is 4.79 Å². The van der Waals surface area contributed by atoms with E-state index in [9.17, 15) is 9.90 Å². The van der Waals surface area contributed by atoms with Crippen LogP contribution in [0.15, 0.2) is 18.2 Å². The summed E-state index contributed by atoms with van der Waals surface area (Å²) in [6.45, 7) is 7.79. The molecule has 1 aromatic rings. The maximum absolute atomic E-state index is 12.1. The Morgan fingerprint density at radius 2 is 2.00 bits per heavy atom. The van der Waals surface area contributed by atoms with Crippen molar-refractivity contribution in [1.82, 2.24) is 5.32 Å². The highest BCUT2D eigenvalue weighted by Crippen LogP contribution is 2.11. The molecule has 1 amide bonds. The fraction of sp³-hybridized carbons (Fsp3) is 0.500. The first-order chi connectivity index (χ1) is 7.95. The number of rotatable bonds is 4. The topological polar surface area (TPSA) is 49.3 Å². The van der Waals surface area contributed by atoms with E-state index in [2.05, 4.69) is 5.32 Å². The lowest BCUT2D eigenvalue weighted by molar-refractivity contribution is 0.0896. The van der Waals surface area contributed by atoms with Crippen LogP contribution in [0.3, 0.4) is 0 Å². The van der Waals surface area contributed by atoms with Crippen LogP contribution in [0.5, 0.6) is 0 Å². The van der Waals surface area contributed by atoms with Crippen molar-refractivity contribution in [2.45, 2.75) is 33.7 Å². The number of hydrogen-bond acceptors (Lipinski definition) is 2. The average Bonchev–Trinajstić information content (AvgIpc) is 2.28. The molecule has 0 fully saturated rings. The molecule has 1 aromatic carbocycles. The Hall–Kier alpha value is -1.35. The van der Waals surface area contributed by atoms with Crippen LogP contribution in [0.2, 0.25) is 0 Å². The van der Waals surface area contributed by atoms with Crippen LogP contribution < -0.4 is 5.32 Å². The summed E-state index contributed by atoms with van der Waals surface area (Å²) in [5.74, 6) is 0.105. The molecule has 2 N–H and O–H groups in total. The van der Waals surface area contributed by atoms with Gasteiger partial charge in [-0.15, -0.1) is 0 Å². The first-order valence-electron chi connectivity index (χ1n) is 5.94. The van der Waals surface area contributed by atoms with Gasteiger partial charge in [0.15, 0.2) is 0 Å². The summed E-state index contributed by atoms with van der Waals surface area (Å²) in [6, 6.07) is 5.60. The minimum Gasteiger partial charge on any atom is -0.394 e. The smallest absolute Gasteiger partial charge is 0.251 e. The number of aliphatic hydroxyl groups is 1. The Kier molecular flexibility index (Phi) is 4.70. The summed E-state index contributed by atoms with van der Waals surface area (Å²) in [7, 11) is 0. The van der Waals surface area contributed by atoms with Crippen LogP contribution in [0.25, 0.3) is 0 Å². The van der Waals surface area contributed by atoms with Gasteiger partial charge in [0.25, 0.3) is 5.91 Å². The van der Waals surface area contributed by atoms with Crippen LogP contribution in [-0.2, 0) is 0 Å². The van der Waals surface area contributed by atoms with Crippen molar-refractivity contribution in [2.75, 3.05) is 6.61 Å². The molecule has 1 atom stereocenters. The molecule has 0 saturated carbocycles. The molecule has 94 valence electrons. The van der Waals surface area contributed by atoms with Gasteiger partial charge in [0.05, 0.1) is 12.6 Å². The first kappa shape index (κ1) is 13.7. The van der Waals surface area contributed by atoms with Crippen molar-refractivity contribution < 1.29 is 9.90 Å². The van der Waals surface area contributed by atoms with Crippen LogP contribution in [-0.4, -0.2) is 23.7 Å². The lowest BCUT2D eigenvalue weighted by Gasteiger charge is -2.20. The number of aliphatic hydroxyl groups excluding tert-OH is 1. The average molecular weight is 235 g/mol. The van der Waals surface area contributed by atoms with E-state index in [1.165, 1.54) is 0 Å². The molecule has 1 unspecified atom stereocenters. The molecule has 0 spiro atoms. The highest BCUT2D eigenvalue weighted by molar-refractivity contribution is 5.96. The van der Waals surface area contributed by atoms with Gasteiger partial charge in [0.1, 0.15) is 0 Å². The van der Waals surface area contributed by atoms with Gasteiger partial charge in [0.2, 0.25) is 0 Å². The largest absolute Gasteiger partial charge is 0.394 e. The monoisotopic (exact) mass is 235 g/mol. The van der Waals surface area contributed by atoms with Crippen LogP contribution >= 0.6 is 0 Å². The Morgan fingerprint density at radius 3 is 2.53 bits per heavy atom. The van der Waals surface area contributed by atoms with E-state index < -0.39 is 0 Å². The van der Waals surface area contributed by atoms with Crippen LogP contribution in [0.4, 0.5) is 0 Å². The van der Waals surface area contributed by atoms with Gasteiger partial charge in [-0.2, -0.15) is 0 Å². The maximum Gasteiger partial charge on any atom is 0.251 e. The van der Waals surface area contributed by atoms with Crippen LogP contribution in [0, 0.1) is 19.8 Å². The van der Waals surface area contributed by atoms with E-state index >= 15 is 0 Å². The second-order valence-electron chi connectivity index (χ2n) is 4.82. The Labute approximate surface area is 103 Å². The summed E-state index contributed by atoms with van der Waals surface area (Å²) in [6.07, 6.45) is 0. The number of nitrogens with one attached hydrogen (secondary N) is 1. The van der Waals surface area contributed by atoms with E-state index in [1.807, 2.05) is 45.9 Å². The highest BCUT2D eigenvalue weighted by atomic mass is 16.3. The third kappa shape index (κ3) is 3.56. The molecular weight excluding hydrogens is 214 g/mol. The van der Waals surface area contributed by atoms with Gasteiger partial charge < -0.3 is 10.4 Å². The van der Waals surface area contributed by atoms with Crippen molar-refractivity contribution in [1.29, 1.82) is 0 Å². The Balaban J connectivity index is 2.86. The Bertz CT molecular complexity index is 399. The molecule has 0 heterocycles. The zero-order valence-corrected chi connectivity index (χ0v) is 10.9. The number of carbonyl (C=O) groups is 1. The van der Waals surface area contributed by atoms with E-state index in [0.717, 1.165) is 11.1 Å². The summed E-state index contributed by atoms with van der Waals surface area (Å²) < 4.78 is 0. The molecule has 17 heavy (non-hydrogen) atoms. The number of benzene rings is 1. The molecule has 3 nitrogen and oxygen atoms in total. The summed E-state index contributed by atoms with van der Waals surface area (Å²) >= 11 is 0. The van der Waals surface area contributed by atoms with Crippen molar-refractivity contribution >= 4 is 5.91 Å². The SMILES string of the molecule is Cc1ccc(C)c(C(=O)NC(CO)C(C)C)c1. The zero-order valence-electron chi connectivity index (χ0n) is 10.9. The van der Waals surface area contributed by atoms with E-state index in [0.29, 0.717) is 5.56 Å². The molecule has 0 aliphatic heterocycles. The maximum atomic E-state index is 12.1. The van der Waals surface area contributed by atoms with Gasteiger partial charge in [-0.25, -0.2) is 0 Å². The predicted molar refractivity (Wildman–Crippen MR) is 69.1 cm³/mol. The third-order valence-corrected chi connectivity index (χ3v) is 2.96. The molecular formula is C14H21NO2. The van der Waals surface area contributed by atoms with E-state index in [4.69, 9.17) is 0 Å². The third-order valence-electron chi connectivity index (χ3n) is 2.96. The van der Waals surface area contributed by atoms with E-state index in [1.54, 1.807) is 0 Å². The standard InChI is InChI=1S/C14H21NO2/c1-9(2)13(8-16)15-14(17)12-7-10(3)5-6-11(12)4/h5-7,9,13,16H,8H2,1-4H3,(H,15,17). The molecule has 0 aliphatic rings. The minimum absolute atomic E-state index is 0.0335. The zero-order chi connectivity index (χ0) is 13.0. The van der Waals surface area contributed by atoms with Crippen LogP contribution in [0.1, 0.15) is 35.3 Å². The van der Waals surface area contributed by atoms with Gasteiger partial charge in [-0.05, 0) is 31.4 Å². The summed E-state index contributed by atoms with van der Waals surface area (Å²) in [5.41, 5.74) is 2.70. The minimum atomic E-state index is -0.192. The number of amides is 1. The van der Waals surface area contributed by atoms with Gasteiger partial charge in [-0.1, -0.05) is 31.5 Å². The fourth-order valence-corrected chi connectivity index (χ4v) is 1.65.